The number of rotatable bonds is 4. The number of hydrogen-bond donors (Lipinski definition) is 1. The molecular formula is C12H40INO3Si3. The van der Waals surface area contributed by atoms with Gasteiger partial charge < -0.3 is 13.3 Å². The van der Waals surface area contributed by atoms with Crippen LogP contribution in [-0.2, 0) is 13.3 Å². The summed E-state index contributed by atoms with van der Waals surface area (Å²) in [5, 5.41) is 0. The lowest BCUT2D eigenvalue weighted by Gasteiger charge is -2.10. The van der Waals surface area contributed by atoms with Crippen LogP contribution >= 0.6 is 20.2 Å². The molecule has 0 saturated heterocycles. The third kappa shape index (κ3) is 42.7. The first-order valence-corrected chi connectivity index (χ1v) is 19.2. The highest BCUT2D eigenvalue weighted by Gasteiger charge is 2.16. The molecular weight excluding hydrogens is 417 g/mol. The smallest absolute Gasteiger partial charge is 0.266 e. The van der Waals surface area contributed by atoms with Gasteiger partial charge in [0.15, 0.2) is 17.4 Å². The van der Waals surface area contributed by atoms with Gasteiger partial charge in [0.1, 0.15) is 0 Å². The third-order valence-corrected chi connectivity index (χ3v) is 10.6. The van der Waals surface area contributed by atoms with E-state index in [0.717, 1.165) is 0 Å². The van der Waals surface area contributed by atoms with Crippen LogP contribution in [0.1, 0.15) is 14.9 Å². The van der Waals surface area contributed by atoms with E-state index >= 15 is 0 Å². The van der Waals surface area contributed by atoms with Gasteiger partial charge in [-0.3, -0.25) is 3.56 Å². The first kappa shape index (κ1) is 32.9. The Morgan fingerprint density at radius 1 is 0.850 bits per heavy atom. The monoisotopic (exact) mass is 457 g/mol. The molecule has 0 amide bonds. The van der Waals surface area contributed by atoms with Gasteiger partial charge in [0.25, 0.3) is 5.81 Å². The van der Waals surface area contributed by atoms with Crippen LogP contribution in [0.5, 0.6) is 0 Å². The van der Waals surface area contributed by atoms with E-state index in [-0.39, 0.29) is 35.1 Å². The summed E-state index contributed by atoms with van der Waals surface area (Å²) >= 11 is -0.372. The Labute approximate surface area is 142 Å². The van der Waals surface area contributed by atoms with E-state index in [1.807, 2.05) is 0 Å². The van der Waals surface area contributed by atoms with Crippen LogP contribution < -0.4 is 0 Å². The average molecular weight is 458 g/mol. The fraction of sp³-hybridized carbons (Fsp3) is 1.00. The van der Waals surface area contributed by atoms with Crippen LogP contribution in [0.3, 0.4) is 0 Å². The summed E-state index contributed by atoms with van der Waals surface area (Å²) in [6.45, 7) is 14.9. The van der Waals surface area contributed by atoms with Crippen molar-refractivity contribution in [1.82, 2.24) is 0 Å². The zero-order chi connectivity index (χ0) is 15.4. The second-order valence-electron chi connectivity index (χ2n) is 5.26. The van der Waals surface area contributed by atoms with E-state index in [2.05, 4.69) is 45.8 Å². The SMILES string of the molecule is C.C.CO[SiH](C)C.CO[Si](C)(C)C.CO[Si](C)(C)I=N. The fourth-order valence-electron chi connectivity index (χ4n) is 0.0386. The maximum atomic E-state index is 7.05. The largest absolute Gasteiger partial charge is 0.424 e. The molecule has 0 fully saturated rings. The highest BCUT2D eigenvalue weighted by atomic mass is 127. The summed E-state index contributed by atoms with van der Waals surface area (Å²) in [6, 6.07) is 0. The van der Waals surface area contributed by atoms with Crippen LogP contribution in [0.4, 0.5) is 0 Å². The van der Waals surface area contributed by atoms with Crippen molar-refractivity contribution in [3.63, 3.8) is 0 Å². The minimum Gasteiger partial charge on any atom is -0.424 e. The van der Waals surface area contributed by atoms with E-state index in [9.17, 15) is 0 Å². The van der Waals surface area contributed by atoms with Gasteiger partial charge in [0.05, 0.1) is 0 Å². The molecule has 0 heterocycles. The van der Waals surface area contributed by atoms with Crippen LogP contribution in [0.15, 0.2) is 0 Å². The second-order valence-corrected chi connectivity index (χ2v) is 25.2. The summed E-state index contributed by atoms with van der Waals surface area (Å²) in [4.78, 5) is 0. The first-order chi connectivity index (χ1) is 7.95. The van der Waals surface area contributed by atoms with E-state index < -0.39 is 23.2 Å². The molecule has 0 unspecified atom stereocenters. The normalized spacial score (nSPS) is 10.2. The van der Waals surface area contributed by atoms with Crippen molar-refractivity contribution in [3.8, 4) is 0 Å². The second kappa shape index (κ2) is 18.1. The lowest BCUT2D eigenvalue weighted by molar-refractivity contribution is 0.411. The van der Waals surface area contributed by atoms with Crippen molar-refractivity contribution in [1.29, 1.82) is 3.56 Å². The van der Waals surface area contributed by atoms with Crippen molar-refractivity contribution in [2.75, 3.05) is 21.3 Å². The van der Waals surface area contributed by atoms with Gasteiger partial charge in [-0.2, -0.15) is 0 Å². The van der Waals surface area contributed by atoms with E-state index in [0.29, 0.717) is 0 Å². The van der Waals surface area contributed by atoms with Crippen LogP contribution in [-0.4, -0.2) is 44.5 Å². The molecule has 0 aromatic carbocycles. The van der Waals surface area contributed by atoms with E-state index in [4.69, 9.17) is 16.8 Å². The van der Waals surface area contributed by atoms with Crippen LogP contribution in [0, 0.1) is 3.56 Å². The predicted molar refractivity (Wildman–Crippen MR) is 111 cm³/mol. The van der Waals surface area contributed by atoms with Crippen molar-refractivity contribution in [2.24, 2.45) is 0 Å². The number of nitrogens with one attached hydrogen (secondary N) is 1. The van der Waals surface area contributed by atoms with Gasteiger partial charge in [0.2, 0.25) is 0 Å². The molecule has 0 aliphatic rings. The van der Waals surface area contributed by atoms with Crippen molar-refractivity contribution in [2.45, 2.75) is 60.7 Å². The zero-order valence-corrected chi connectivity index (χ0v) is 19.0. The Kier molecular flexibility index (Phi) is 29.8. The minimum atomic E-state index is -1.37. The summed E-state index contributed by atoms with van der Waals surface area (Å²) in [7, 11) is 3.46. The molecule has 0 aliphatic heterocycles. The molecule has 0 rings (SSSR count). The molecule has 20 heavy (non-hydrogen) atoms. The highest BCUT2D eigenvalue weighted by molar-refractivity contribution is 14.2. The van der Waals surface area contributed by atoms with Gasteiger partial charge in [-0.1, -0.05) is 14.9 Å². The fourth-order valence-corrected chi connectivity index (χ4v) is 0.776. The summed E-state index contributed by atoms with van der Waals surface area (Å²) in [5.74, 6) is -1.37. The molecule has 0 radical (unpaired) electrons. The van der Waals surface area contributed by atoms with Gasteiger partial charge in [0, 0.05) is 21.3 Å². The molecule has 0 saturated carbocycles. The summed E-state index contributed by atoms with van der Waals surface area (Å²) < 4.78 is 22.1. The minimum absolute atomic E-state index is 0. The molecule has 0 atom stereocenters. The standard InChI is InChI=1S/C4H12OSi.C3H10INOSi.C3H10OSi.2CH4/c1-5-6(2,3)4;1-6-7(2,3)4-5;1-4-5(2)3;;/h1-4H3;5H,1-3H3;5H,1-3H3;2*1H4. The third-order valence-electron chi connectivity index (χ3n) is 1.80. The molecule has 0 aromatic rings. The van der Waals surface area contributed by atoms with Gasteiger partial charge in [-0.25, -0.2) is 0 Å². The Bertz CT molecular complexity index is 201. The van der Waals surface area contributed by atoms with Gasteiger partial charge in [-0.05, 0) is 66.1 Å². The number of hydrogen-bond acceptors (Lipinski definition) is 4. The highest BCUT2D eigenvalue weighted by Crippen LogP contribution is 2.17. The molecule has 1 N–H and O–H groups in total. The maximum absolute atomic E-state index is 7.05. The average Bonchev–Trinajstić information content (AvgIpc) is 2.29. The lowest BCUT2D eigenvalue weighted by atomic mass is 11.8. The van der Waals surface area contributed by atoms with Crippen LogP contribution in [0.2, 0.25) is 45.8 Å². The molecule has 0 spiro atoms. The Balaban J connectivity index is -0.0000000543. The Hall–Kier alpha value is 1.06. The Morgan fingerprint density at radius 2 is 1.10 bits per heavy atom. The molecule has 8 heteroatoms. The molecule has 130 valence electrons. The van der Waals surface area contributed by atoms with E-state index in [1.165, 1.54) is 0 Å². The van der Waals surface area contributed by atoms with Crippen LogP contribution in [0.25, 0.3) is 0 Å². The molecule has 0 aliphatic carbocycles. The van der Waals surface area contributed by atoms with Gasteiger partial charge in [-0.15, -0.1) is 0 Å². The molecule has 4 nitrogen and oxygen atoms in total. The molecule has 0 aromatic heterocycles. The van der Waals surface area contributed by atoms with Gasteiger partial charge >= 0.3 is 0 Å². The quantitative estimate of drug-likeness (QED) is 0.348. The van der Waals surface area contributed by atoms with Crippen molar-refractivity contribution < 1.29 is 13.3 Å². The first-order valence-electron chi connectivity index (χ1n) is 5.90. The van der Waals surface area contributed by atoms with E-state index in [1.54, 1.807) is 21.3 Å². The summed E-state index contributed by atoms with van der Waals surface area (Å²) in [6.07, 6.45) is 0. The number of halogens is 1. The molecule has 0 bridgehead atoms. The Morgan fingerprint density at radius 3 is 1.10 bits per heavy atom. The van der Waals surface area contributed by atoms with Crippen molar-refractivity contribution >= 4 is 43.4 Å². The topological polar surface area (TPSA) is 51.5 Å². The predicted octanol–water partition coefficient (Wildman–Crippen LogP) is 5.42. The lowest BCUT2D eigenvalue weighted by Crippen LogP contribution is -2.22. The maximum Gasteiger partial charge on any atom is 0.266 e. The summed E-state index contributed by atoms with van der Waals surface area (Å²) in [5.41, 5.74) is 0. The zero-order valence-electron chi connectivity index (χ0n) is 13.7. The van der Waals surface area contributed by atoms with Crippen molar-refractivity contribution in [3.05, 3.63) is 0 Å².